The second-order valence-electron chi connectivity index (χ2n) is 3.94. The van der Waals surface area contributed by atoms with Gasteiger partial charge in [-0.15, -0.1) is 0 Å². The van der Waals surface area contributed by atoms with Gasteiger partial charge < -0.3 is 5.11 Å². The van der Waals surface area contributed by atoms with Gasteiger partial charge in [0, 0.05) is 14.5 Å². The van der Waals surface area contributed by atoms with E-state index in [1.807, 2.05) is 0 Å². The lowest BCUT2D eigenvalue weighted by molar-refractivity contribution is 0.301. The zero-order valence-corrected chi connectivity index (χ0v) is 14.1. The lowest BCUT2D eigenvalue weighted by Crippen LogP contribution is -2.06. The van der Waals surface area contributed by atoms with Crippen molar-refractivity contribution in [3.05, 3.63) is 57.0 Å². The van der Waals surface area contributed by atoms with E-state index in [1.165, 1.54) is 18.2 Å². The van der Waals surface area contributed by atoms with Gasteiger partial charge in [-0.1, -0.05) is 31.9 Å². The molecule has 0 aliphatic heterocycles. The Morgan fingerprint density at radius 1 is 1.00 bits per heavy atom. The van der Waals surface area contributed by atoms with Crippen LogP contribution in [0.25, 0.3) is 0 Å². The maximum atomic E-state index is 12.0. The smallest absolute Gasteiger partial charge is 0.297 e. The number of phenols is 1. The quantitative estimate of drug-likeness (QED) is 0.762. The lowest BCUT2D eigenvalue weighted by Gasteiger charge is -2.07. The molecule has 1 N–H and O–H groups in total. The first kappa shape index (κ1) is 15.5. The van der Waals surface area contributed by atoms with Crippen molar-refractivity contribution in [1.82, 2.24) is 0 Å². The van der Waals surface area contributed by atoms with E-state index in [-0.39, 0.29) is 17.3 Å². The third kappa shape index (κ3) is 3.82. The highest BCUT2D eigenvalue weighted by atomic mass is 79.9. The van der Waals surface area contributed by atoms with Crippen molar-refractivity contribution in [2.45, 2.75) is 11.5 Å². The summed E-state index contributed by atoms with van der Waals surface area (Å²) in [6.07, 6.45) is 0. The van der Waals surface area contributed by atoms with Gasteiger partial charge in [-0.2, -0.15) is 8.42 Å². The van der Waals surface area contributed by atoms with Crippen molar-refractivity contribution in [2.75, 3.05) is 0 Å². The molecular weight excluding hydrogens is 412 g/mol. The molecule has 0 bridgehead atoms. The monoisotopic (exact) mass is 420 g/mol. The second-order valence-corrected chi connectivity index (χ2v) is 7.39. The summed E-state index contributed by atoms with van der Waals surface area (Å²) in [6.45, 7) is -0.232. The summed E-state index contributed by atoms with van der Waals surface area (Å²) < 4.78 is 30.4. The highest BCUT2D eigenvalue weighted by Gasteiger charge is 2.16. The van der Waals surface area contributed by atoms with E-state index in [2.05, 4.69) is 31.9 Å². The van der Waals surface area contributed by atoms with Crippen LogP contribution in [0.2, 0.25) is 0 Å². The summed E-state index contributed by atoms with van der Waals surface area (Å²) in [5.41, 5.74) is 0.389. The van der Waals surface area contributed by atoms with E-state index in [1.54, 1.807) is 24.3 Å². The van der Waals surface area contributed by atoms with Crippen molar-refractivity contribution in [2.24, 2.45) is 0 Å². The molecule has 2 aromatic rings. The van der Waals surface area contributed by atoms with E-state index in [4.69, 9.17) is 4.18 Å². The fourth-order valence-corrected chi connectivity index (χ4v) is 3.04. The first-order valence-electron chi connectivity index (χ1n) is 5.51. The van der Waals surface area contributed by atoms with E-state index in [9.17, 15) is 13.5 Å². The average molecular weight is 422 g/mol. The van der Waals surface area contributed by atoms with Gasteiger partial charge in [-0.25, -0.2) is 0 Å². The van der Waals surface area contributed by atoms with E-state index in [0.717, 1.165) is 8.95 Å². The molecule has 20 heavy (non-hydrogen) atoms. The molecule has 4 nitrogen and oxygen atoms in total. The standard InChI is InChI=1S/C13H10Br2O4S/c14-10-1-4-12(5-2-10)20(17,18)19-8-9-7-11(15)3-6-13(9)16/h1-7,16H,8H2. The number of benzene rings is 2. The Hall–Kier alpha value is -0.890. The summed E-state index contributed by atoms with van der Waals surface area (Å²) in [7, 11) is -3.85. The summed E-state index contributed by atoms with van der Waals surface area (Å²) in [4.78, 5) is 0.0650. The first-order chi connectivity index (χ1) is 9.38. The minimum Gasteiger partial charge on any atom is -0.508 e. The zero-order chi connectivity index (χ0) is 14.8. The summed E-state index contributed by atoms with van der Waals surface area (Å²) in [6, 6.07) is 10.9. The van der Waals surface area contributed by atoms with Crippen molar-refractivity contribution < 1.29 is 17.7 Å². The fourth-order valence-electron chi connectivity index (χ4n) is 1.48. The number of halogens is 2. The largest absolute Gasteiger partial charge is 0.508 e. The van der Waals surface area contributed by atoms with Crippen LogP contribution in [-0.2, 0) is 20.9 Å². The number of rotatable bonds is 4. The Morgan fingerprint density at radius 3 is 2.25 bits per heavy atom. The van der Waals surface area contributed by atoms with Gasteiger partial charge in [0.25, 0.3) is 10.1 Å². The Morgan fingerprint density at radius 2 is 1.60 bits per heavy atom. The van der Waals surface area contributed by atoms with Crippen LogP contribution in [0.1, 0.15) is 5.56 Å². The third-order valence-corrected chi connectivity index (χ3v) is 4.81. The predicted molar refractivity (Wildman–Crippen MR) is 81.9 cm³/mol. The third-order valence-electron chi connectivity index (χ3n) is 2.51. The van der Waals surface area contributed by atoms with Gasteiger partial charge in [0.2, 0.25) is 0 Å². The minimum atomic E-state index is -3.85. The van der Waals surface area contributed by atoms with Crippen molar-refractivity contribution in [1.29, 1.82) is 0 Å². The number of hydrogen-bond donors (Lipinski definition) is 1. The first-order valence-corrected chi connectivity index (χ1v) is 8.50. The molecule has 7 heteroatoms. The maximum Gasteiger partial charge on any atom is 0.297 e. The minimum absolute atomic E-state index is 0.0146. The molecule has 0 atom stereocenters. The molecule has 0 heterocycles. The fraction of sp³-hybridized carbons (Fsp3) is 0.0769. The van der Waals surface area contributed by atoms with Crippen molar-refractivity contribution in [3.63, 3.8) is 0 Å². The van der Waals surface area contributed by atoms with Crippen LogP contribution < -0.4 is 0 Å². The molecule has 106 valence electrons. The van der Waals surface area contributed by atoms with Crippen LogP contribution in [-0.4, -0.2) is 13.5 Å². The lowest BCUT2D eigenvalue weighted by atomic mass is 10.2. The molecule has 2 aromatic carbocycles. The molecule has 0 aliphatic rings. The van der Waals surface area contributed by atoms with Crippen LogP contribution in [0.4, 0.5) is 0 Å². The molecule has 0 amide bonds. The SMILES string of the molecule is O=S(=O)(OCc1cc(Br)ccc1O)c1ccc(Br)cc1. The van der Waals surface area contributed by atoms with Gasteiger partial charge in [0.15, 0.2) is 0 Å². The molecule has 2 rings (SSSR count). The summed E-state index contributed by atoms with van der Waals surface area (Å²) >= 11 is 6.48. The van der Waals surface area contributed by atoms with Crippen LogP contribution in [0.3, 0.4) is 0 Å². The second kappa shape index (κ2) is 6.26. The molecule has 0 saturated heterocycles. The molecule has 0 radical (unpaired) electrons. The highest BCUT2D eigenvalue weighted by molar-refractivity contribution is 9.10. The summed E-state index contributed by atoms with van der Waals surface area (Å²) in [5.74, 6) is -0.0146. The molecule has 0 fully saturated rings. The normalized spacial score (nSPS) is 11.5. The maximum absolute atomic E-state index is 12.0. The molecule has 0 aliphatic carbocycles. The summed E-state index contributed by atoms with van der Waals surface area (Å²) in [5, 5.41) is 9.64. The van der Waals surface area contributed by atoms with Crippen LogP contribution >= 0.6 is 31.9 Å². The van der Waals surface area contributed by atoms with E-state index in [0.29, 0.717) is 5.56 Å². The van der Waals surface area contributed by atoms with Gasteiger partial charge in [0.05, 0.1) is 11.5 Å². The van der Waals surface area contributed by atoms with Crippen LogP contribution in [0.15, 0.2) is 56.3 Å². The highest BCUT2D eigenvalue weighted by Crippen LogP contribution is 2.24. The van der Waals surface area contributed by atoms with Gasteiger partial charge in [0.1, 0.15) is 5.75 Å². The van der Waals surface area contributed by atoms with E-state index < -0.39 is 10.1 Å². The van der Waals surface area contributed by atoms with Crippen molar-refractivity contribution >= 4 is 42.0 Å². The Bertz CT molecular complexity index is 712. The van der Waals surface area contributed by atoms with Crippen molar-refractivity contribution in [3.8, 4) is 5.75 Å². The molecule has 0 unspecified atom stereocenters. The zero-order valence-electron chi connectivity index (χ0n) is 10.1. The van der Waals surface area contributed by atoms with Gasteiger partial charge in [-0.3, -0.25) is 4.18 Å². The Labute approximate surface area is 133 Å². The number of aromatic hydroxyl groups is 1. The predicted octanol–water partition coefficient (Wildman–Crippen LogP) is 3.82. The van der Waals surface area contributed by atoms with Gasteiger partial charge >= 0.3 is 0 Å². The number of hydrogen-bond acceptors (Lipinski definition) is 4. The van der Waals surface area contributed by atoms with Crippen LogP contribution in [0.5, 0.6) is 5.75 Å². The molecule has 0 aromatic heterocycles. The average Bonchev–Trinajstić information content (AvgIpc) is 2.40. The number of phenolic OH excluding ortho intramolecular Hbond substituents is 1. The topological polar surface area (TPSA) is 63.6 Å². The molecule has 0 saturated carbocycles. The van der Waals surface area contributed by atoms with Crippen LogP contribution in [0, 0.1) is 0 Å². The van der Waals surface area contributed by atoms with Gasteiger partial charge in [-0.05, 0) is 42.5 Å². The van der Waals surface area contributed by atoms with E-state index >= 15 is 0 Å². The molecule has 0 spiro atoms. The Balaban J connectivity index is 2.17. The molecular formula is C13H10Br2O4S. The Kier molecular flexibility index (Phi) is 4.85.